The average Bonchev–Trinajstić information content (AvgIpc) is 2.76. The molecule has 2 amide bonds. The Labute approximate surface area is 113 Å². The van der Waals surface area contributed by atoms with Gasteiger partial charge in [0, 0.05) is 10.7 Å². The molecule has 0 unspecified atom stereocenters. The Morgan fingerprint density at radius 2 is 2.22 bits per heavy atom. The highest BCUT2D eigenvalue weighted by atomic mass is 35.5. The highest BCUT2D eigenvalue weighted by Gasteiger charge is 2.07. The largest absolute Gasteiger partial charge is 0.325 e. The Bertz CT molecular complexity index is 557. The molecule has 7 heteroatoms. The molecular formula is C11H11ClN4OS. The number of aryl methyl sites for hydroxylation is 1. The summed E-state index contributed by atoms with van der Waals surface area (Å²) < 4.78 is 0. The molecule has 5 nitrogen and oxygen atoms in total. The molecule has 0 aliphatic rings. The summed E-state index contributed by atoms with van der Waals surface area (Å²) in [6.45, 7) is 1.98. The van der Waals surface area contributed by atoms with Crippen LogP contribution in [0, 0.1) is 0 Å². The van der Waals surface area contributed by atoms with Crippen LogP contribution in [0.5, 0.6) is 0 Å². The molecule has 0 radical (unpaired) electrons. The number of hydrogen-bond acceptors (Lipinski definition) is 4. The number of aromatic nitrogens is 2. The zero-order valence-electron chi connectivity index (χ0n) is 9.61. The first kappa shape index (κ1) is 12.8. The van der Waals surface area contributed by atoms with Crippen molar-refractivity contribution < 1.29 is 4.79 Å². The van der Waals surface area contributed by atoms with Crippen LogP contribution >= 0.6 is 22.9 Å². The Hall–Kier alpha value is -1.66. The van der Waals surface area contributed by atoms with Crippen molar-refractivity contribution in [1.82, 2.24) is 10.2 Å². The van der Waals surface area contributed by atoms with Crippen LogP contribution < -0.4 is 10.6 Å². The number of amides is 2. The summed E-state index contributed by atoms with van der Waals surface area (Å²) in [4.78, 5) is 11.7. The first-order chi connectivity index (χ1) is 8.67. The predicted octanol–water partition coefficient (Wildman–Crippen LogP) is 3.40. The number of benzene rings is 1. The van der Waals surface area contributed by atoms with Gasteiger partial charge in [-0.15, -0.1) is 10.2 Å². The fourth-order valence-electron chi connectivity index (χ4n) is 1.27. The SMILES string of the molecule is CCc1nnc(NC(=O)Nc2cccc(Cl)c2)s1. The van der Waals surface area contributed by atoms with Crippen molar-refractivity contribution in [2.24, 2.45) is 0 Å². The van der Waals surface area contributed by atoms with Gasteiger partial charge in [-0.1, -0.05) is 35.9 Å². The highest BCUT2D eigenvalue weighted by Crippen LogP contribution is 2.17. The van der Waals surface area contributed by atoms with E-state index in [1.807, 2.05) is 6.92 Å². The minimum absolute atomic E-state index is 0.365. The van der Waals surface area contributed by atoms with Gasteiger partial charge in [0.2, 0.25) is 5.13 Å². The maximum Gasteiger partial charge on any atom is 0.325 e. The quantitative estimate of drug-likeness (QED) is 0.907. The summed E-state index contributed by atoms with van der Waals surface area (Å²) in [5, 5.41) is 15.0. The summed E-state index contributed by atoms with van der Waals surface area (Å²) in [6, 6.07) is 6.55. The lowest BCUT2D eigenvalue weighted by atomic mass is 10.3. The van der Waals surface area contributed by atoms with E-state index in [1.54, 1.807) is 24.3 Å². The average molecular weight is 283 g/mol. The molecule has 0 saturated heterocycles. The third-order valence-corrected chi connectivity index (χ3v) is 3.29. The zero-order chi connectivity index (χ0) is 13.0. The molecular weight excluding hydrogens is 272 g/mol. The number of nitrogens with zero attached hydrogens (tertiary/aromatic N) is 2. The van der Waals surface area contributed by atoms with E-state index in [0.717, 1.165) is 11.4 Å². The van der Waals surface area contributed by atoms with Crippen molar-refractivity contribution in [3.05, 3.63) is 34.3 Å². The molecule has 2 rings (SSSR count). The van der Waals surface area contributed by atoms with Gasteiger partial charge in [0.1, 0.15) is 5.01 Å². The standard InChI is InChI=1S/C11H11ClN4OS/c1-2-9-15-16-11(18-9)14-10(17)13-8-5-3-4-7(12)6-8/h3-6H,2H2,1H3,(H2,13,14,16,17). The molecule has 18 heavy (non-hydrogen) atoms. The van der Waals surface area contributed by atoms with E-state index >= 15 is 0 Å². The smallest absolute Gasteiger partial charge is 0.308 e. The van der Waals surface area contributed by atoms with E-state index in [1.165, 1.54) is 11.3 Å². The molecule has 1 heterocycles. The first-order valence-corrected chi connectivity index (χ1v) is 6.53. The number of halogens is 1. The fourth-order valence-corrected chi connectivity index (χ4v) is 2.14. The van der Waals surface area contributed by atoms with Crippen molar-refractivity contribution in [3.8, 4) is 0 Å². The minimum atomic E-state index is -0.365. The lowest BCUT2D eigenvalue weighted by Crippen LogP contribution is -2.19. The molecule has 0 bridgehead atoms. The molecule has 0 saturated carbocycles. The van der Waals surface area contributed by atoms with Crippen molar-refractivity contribution in [3.63, 3.8) is 0 Å². The summed E-state index contributed by atoms with van der Waals surface area (Å²) in [7, 11) is 0. The van der Waals surface area contributed by atoms with E-state index < -0.39 is 0 Å². The topological polar surface area (TPSA) is 66.9 Å². The second-order valence-electron chi connectivity index (χ2n) is 3.44. The van der Waals surface area contributed by atoms with E-state index in [2.05, 4.69) is 20.8 Å². The van der Waals surface area contributed by atoms with Gasteiger partial charge in [0.25, 0.3) is 0 Å². The molecule has 0 aliphatic carbocycles. The van der Waals surface area contributed by atoms with Gasteiger partial charge in [-0.05, 0) is 24.6 Å². The Balaban J connectivity index is 1.96. The normalized spacial score (nSPS) is 10.1. The van der Waals surface area contributed by atoms with Crippen LogP contribution in [0.15, 0.2) is 24.3 Å². The van der Waals surface area contributed by atoms with E-state index in [0.29, 0.717) is 15.8 Å². The highest BCUT2D eigenvalue weighted by molar-refractivity contribution is 7.15. The van der Waals surface area contributed by atoms with Crippen molar-refractivity contribution in [2.45, 2.75) is 13.3 Å². The maximum absolute atomic E-state index is 11.7. The Kier molecular flexibility index (Phi) is 4.11. The number of carbonyl (C=O) groups excluding carboxylic acids is 1. The third-order valence-electron chi connectivity index (χ3n) is 2.07. The Morgan fingerprint density at radius 1 is 1.39 bits per heavy atom. The van der Waals surface area contributed by atoms with Gasteiger partial charge in [-0.3, -0.25) is 5.32 Å². The third kappa shape index (κ3) is 3.41. The van der Waals surface area contributed by atoms with Gasteiger partial charge < -0.3 is 5.32 Å². The number of rotatable bonds is 3. The molecule has 0 spiro atoms. The van der Waals surface area contributed by atoms with E-state index in [-0.39, 0.29) is 6.03 Å². The number of anilines is 2. The zero-order valence-corrected chi connectivity index (χ0v) is 11.2. The minimum Gasteiger partial charge on any atom is -0.308 e. The number of hydrogen-bond donors (Lipinski definition) is 2. The van der Waals surface area contributed by atoms with Gasteiger partial charge in [-0.2, -0.15) is 0 Å². The fraction of sp³-hybridized carbons (Fsp3) is 0.182. The van der Waals surface area contributed by atoms with Crippen molar-refractivity contribution >= 4 is 39.8 Å². The predicted molar refractivity (Wildman–Crippen MR) is 73.4 cm³/mol. The Morgan fingerprint density at radius 3 is 2.89 bits per heavy atom. The van der Waals surface area contributed by atoms with Crippen molar-refractivity contribution in [1.29, 1.82) is 0 Å². The lowest BCUT2D eigenvalue weighted by molar-refractivity contribution is 0.262. The number of nitrogens with one attached hydrogen (secondary N) is 2. The van der Waals surface area contributed by atoms with Gasteiger partial charge in [0.15, 0.2) is 0 Å². The van der Waals surface area contributed by atoms with Crippen LogP contribution in [-0.2, 0) is 6.42 Å². The molecule has 94 valence electrons. The second-order valence-corrected chi connectivity index (χ2v) is 4.94. The van der Waals surface area contributed by atoms with Crippen LogP contribution in [-0.4, -0.2) is 16.2 Å². The molecule has 1 aromatic carbocycles. The summed E-state index contributed by atoms with van der Waals surface area (Å²) in [5.74, 6) is 0. The van der Waals surface area contributed by atoms with Gasteiger partial charge in [0.05, 0.1) is 0 Å². The summed E-state index contributed by atoms with van der Waals surface area (Å²) in [5.41, 5.74) is 0.625. The molecule has 0 atom stereocenters. The van der Waals surface area contributed by atoms with Crippen LogP contribution in [0.4, 0.5) is 15.6 Å². The molecule has 1 aromatic heterocycles. The first-order valence-electron chi connectivity index (χ1n) is 5.33. The maximum atomic E-state index is 11.7. The molecule has 2 aromatic rings. The molecule has 0 aliphatic heterocycles. The lowest BCUT2D eigenvalue weighted by Gasteiger charge is -2.04. The van der Waals surface area contributed by atoms with Crippen LogP contribution in [0.2, 0.25) is 5.02 Å². The monoisotopic (exact) mass is 282 g/mol. The van der Waals surface area contributed by atoms with E-state index in [4.69, 9.17) is 11.6 Å². The van der Waals surface area contributed by atoms with E-state index in [9.17, 15) is 4.79 Å². The van der Waals surface area contributed by atoms with Crippen molar-refractivity contribution in [2.75, 3.05) is 10.6 Å². The van der Waals surface area contributed by atoms with Crippen LogP contribution in [0.3, 0.4) is 0 Å². The number of urea groups is 1. The molecule has 2 N–H and O–H groups in total. The molecule has 0 fully saturated rings. The second kappa shape index (κ2) is 5.79. The summed E-state index contributed by atoms with van der Waals surface area (Å²) >= 11 is 7.17. The van der Waals surface area contributed by atoms with Crippen LogP contribution in [0.1, 0.15) is 11.9 Å². The van der Waals surface area contributed by atoms with Gasteiger partial charge >= 0.3 is 6.03 Å². The van der Waals surface area contributed by atoms with Crippen LogP contribution in [0.25, 0.3) is 0 Å². The summed E-state index contributed by atoms with van der Waals surface area (Å²) in [6.07, 6.45) is 0.801. The number of carbonyl (C=O) groups is 1. The van der Waals surface area contributed by atoms with Gasteiger partial charge in [-0.25, -0.2) is 4.79 Å².